The minimum Gasteiger partial charge on any atom is -0.312 e. The third-order valence-electron chi connectivity index (χ3n) is 2.26. The largest absolute Gasteiger partial charge is 0.312 e. The Bertz CT molecular complexity index is 350. The Kier molecular flexibility index (Phi) is 6.39. The molecule has 0 aliphatic carbocycles. The molecule has 0 radical (unpaired) electrons. The Labute approximate surface area is 114 Å². The van der Waals surface area contributed by atoms with Gasteiger partial charge in [-0.2, -0.15) is 0 Å². The summed E-state index contributed by atoms with van der Waals surface area (Å²) in [6.45, 7) is 10.8. The summed E-state index contributed by atoms with van der Waals surface area (Å²) in [5.74, 6) is 0.684. The van der Waals surface area contributed by atoms with Crippen LogP contribution < -0.4 is 5.32 Å². The first-order valence-electron chi connectivity index (χ1n) is 6.15. The summed E-state index contributed by atoms with van der Waals surface area (Å²) in [7, 11) is 0. The van der Waals surface area contributed by atoms with Crippen molar-refractivity contribution in [2.45, 2.75) is 44.4 Å². The highest BCUT2D eigenvalue weighted by Crippen LogP contribution is 2.29. The monoisotopic (exact) mass is 271 g/mol. The van der Waals surface area contributed by atoms with Crippen molar-refractivity contribution in [1.29, 1.82) is 0 Å². The van der Waals surface area contributed by atoms with Crippen molar-refractivity contribution in [3.05, 3.63) is 28.8 Å². The second-order valence-electron chi connectivity index (χ2n) is 4.94. The predicted octanol–water partition coefficient (Wildman–Crippen LogP) is 4.59. The quantitative estimate of drug-likeness (QED) is 0.760. The lowest BCUT2D eigenvalue weighted by molar-refractivity contribution is 0.550. The summed E-state index contributed by atoms with van der Waals surface area (Å²) in [6.07, 6.45) is 0. The highest BCUT2D eigenvalue weighted by molar-refractivity contribution is 8.00. The fourth-order valence-corrected chi connectivity index (χ4v) is 2.76. The van der Waals surface area contributed by atoms with Crippen LogP contribution in [-0.2, 0) is 6.54 Å². The van der Waals surface area contributed by atoms with E-state index in [1.165, 1.54) is 10.5 Å². The van der Waals surface area contributed by atoms with Crippen LogP contribution in [0.2, 0.25) is 5.02 Å². The molecule has 0 bridgehead atoms. The van der Waals surface area contributed by atoms with Gasteiger partial charge in [-0.1, -0.05) is 45.4 Å². The summed E-state index contributed by atoms with van der Waals surface area (Å²) in [6, 6.07) is 6.16. The minimum atomic E-state index is 0.581. The number of thioether (sulfide) groups is 1. The number of benzene rings is 1. The Balaban J connectivity index is 2.68. The Hall–Kier alpha value is -0.180. The van der Waals surface area contributed by atoms with Crippen LogP contribution in [0.3, 0.4) is 0 Å². The highest BCUT2D eigenvalue weighted by Gasteiger charge is 2.06. The van der Waals surface area contributed by atoms with Gasteiger partial charge in [-0.25, -0.2) is 0 Å². The van der Waals surface area contributed by atoms with E-state index in [0.717, 1.165) is 18.1 Å². The molecule has 0 aliphatic rings. The average Bonchev–Trinajstić information content (AvgIpc) is 2.20. The van der Waals surface area contributed by atoms with Crippen LogP contribution in [0.5, 0.6) is 0 Å². The molecule has 1 rings (SSSR count). The normalized spacial score (nSPS) is 11.5. The van der Waals surface area contributed by atoms with Crippen molar-refractivity contribution in [3.63, 3.8) is 0 Å². The average molecular weight is 272 g/mol. The first-order chi connectivity index (χ1) is 7.99. The molecule has 0 amide bonds. The van der Waals surface area contributed by atoms with Crippen molar-refractivity contribution in [1.82, 2.24) is 5.32 Å². The van der Waals surface area contributed by atoms with Gasteiger partial charge in [-0.05, 0) is 30.2 Å². The number of nitrogens with one attached hydrogen (secondary N) is 1. The molecule has 96 valence electrons. The van der Waals surface area contributed by atoms with Gasteiger partial charge in [0.25, 0.3) is 0 Å². The lowest BCUT2D eigenvalue weighted by atomic mass is 10.2. The van der Waals surface area contributed by atoms with Crippen molar-refractivity contribution in [2.75, 3.05) is 6.54 Å². The number of hydrogen-bond donors (Lipinski definition) is 1. The molecule has 0 aliphatic heterocycles. The molecular formula is C14H22ClNS. The highest BCUT2D eigenvalue weighted by atomic mass is 35.5. The van der Waals surface area contributed by atoms with Gasteiger partial charge in [-0.3, -0.25) is 0 Å². The van der Waals surface area contributed by atoms with Gasteiger partial charge in [0.2, 0.25) is 0 Å². The first kappa shape index (κ1) is 14.9. The molecule has 1 N–H and O–H groups in total. The maximum Gasteiger partial charge on any atom is 0.0417 e. The van der Waals surface area contributed by atoms with Crippen LogP contribution >= 0.6 is 23.4 Å². The lowest BCUT2D eigenvalue weighted by Gasteiger charge is -2.13. The van der Waals surface area contributed by atoms with E-state index in [-0.39, 0.29) is 0 Å². The lowest BCUT2D eigenvalue weighted by Crippen LogP contribution is -2.19. The third kappa shape index (κ3) is 5.80. The summed E-state index contributed by atoms with van der Waals surface area (Å²) in [5.41, 5.74) is 1.34. The van der Waals surface area contributed by atoms with Crippen LogP contribution in [0.1, 0.15) is 33.3 Å². The van der Waals surface area contributed by atoms with Gasteiger partial charge in [0.1, 0.15) is 0 Å². The Morgan fingerprint density at radius 1 is 1.24 bits per heavy atom. The summed E-state index contributed by atoms with van der Waals surface area (Å²) < 4.78 is 0. The minimum absolute atomic E-state index is 0.581. The molecule has 1 aromatic rings. The molecule has 1 nitrogen and oxygen atoms in total. The van der Waals surface area contributed by atoms with E-state index in [0.29, 0.717) is 11.2 Å². The number of hydrogen-bond acceptors (Lipinski definition) is 2. The fourth-order valence-electron chi connectivity index (χ4n) is 1.53. The molecule has 1 aromatic carbocycles. The molecule has 0 saturated carbocycles. The third-order valence-corrected chi connectivity index (χ3v) is 3.60. The van der Waals surface area contributed by atoms with E-state index in [1.54, 1.807) is 0 Å². The summed E-state index contributed by atoms with van der Waals surface area (Å²) >= 11 is 7.92. The molecule has 3 heteroatoms. The van der Waals surface area contributed by atoms with E-state index in [2.05, 4.69) is 45.1 Å². The van der Waals surface area contributed by atoms with Crippen molar-refractivity contribution >= 4 is 23.4 Å². The van der Waals surface area contributed by atoms with Gasteiger partial charge in [0.15, 0.2) is 0 Å². The smallest absolute Gasteiger partial charge is 0.0417 e. The van der Waals surface area contributed by atoms with Crippen molar-refractivity contribution in [3.8, 4) is 0 Å². The zero-order valence-corrected chi connectivity index (χ0v) is 12.7. The zero-order chi connectivity index (χ0) is 12.8. The SMILES string of the molecule is CC(C)CNCc1ccc(Cl)cc1SC(C)C. The molecule has 0 saturated heterocycles. The first-order valence-corrected chi connectivity index (χ1v) is 7.40. The standard InChI is InChI=1S/C14H22ClNS/c1-10(2)8-16-9-12-5-6-13(15)7-14(12)17-11(3)4/h5-7,10-11,16H,8-9H2,1-4H3. The molecule has 0 atom stereocenters. The second kappa shape index (κ2) is 7.30. The predicted molar refractivity (Wildman–Crippen MR) is 79.0 cm³/mol. The van der Waals surface area contributed by atoms with E-state index in [9.17, 15) is 0 Å². The van der Waals surface area contributed by atoms with Crippen molar-refractivity contribution in [2.24, 2.45) is 5.92 Å². The molecule has 0 aromatic heterocycles. The van der Waals surface area contributed by atoms with Gasteiger partial charge in [-0.15, -0.1) is 11.8 Å². The number of rotatable bonds is 6. The van der Waals surface area contributed by atoms with Gasteiger partial charge in [0.05, 0.1) is 0 Å². The van der Waals surface area contributed by atoms with Crippen LogP contribution in [0, 0.1) is 5.92 Å². The maximum atomic E-state index is 6.05. The van der Waals surface area contributed by atoms with Gasteiger partial charge in [0, 0.05) is 21.7 Å². The maximum absolute atomic E-state index is 6.05. The zero-order valence-electron chi connectivity index (χ0n) is 11.1. The molecule has 0 fully saturated rings. The molecular weight excluding hydrogens is 250 g/mol. The van der Waals surface area contributed by atoms with E-state index in [1.807, 2.05) is 17.8 Å². The second-order valence-corrected chi connectivity index (χ2v) is 7.00. The van der Waals surface area contributed by atoms with Crippen LogP contribution in [0.15, 0.2) is 23.1 Å². The van der Waals surface area contributed by atoms with Gasteiger partial charge < -0.3 is 5.32 Å². The molecule has 0 spiro atoms. The van der Waals surface area contributed by atoms with Crippen LogP contribution in [-0.4, -0.2) is 11.8 Å². The molecule has 0 unspecified atom stereocenters. The Morgan fingerprint density at radius 2 is 1.94 bits per heavy atom. The van der Waals surface area contributed by atoms with Crippen LogP contribution in [0.4, 0.5) is 0 Å². The van der Waals surface area contributed by atoms with E-state index >= 15 is 0 Å². The van der Waals surface area contributed by atoms with E-state index < -0.39 is 0 Å². The van der Waals surface area contributed by atoms with Crippen LogP contribution in [0.25, 0.3) is 0 Å². The number of halogens is 1. The molecule has 0 heterocycles. The summed E-state index contributed by atoms with van der Waals surface area (Å²) in [5, 5.41) is 4.88. The Morgan fingerprint density at radius 3 is 2.53 bits per heavy atom. The van der Waals surface area contributed by atoms with E-state index in [4.69, 9.17) is 11.6 Å². The van der Waals surface area contributed by atoms with Gasteiger partial charge >= 0.3 is 0 Å². The summed E-state index contributed by atoms with van der Waals surface area (Å²) in [4.78, 5) is 1.30. The topological polar surface area (TPSA) is 12.0 Å². The molecule has 17 heavy (non-hydrogen) atoms. The fraction of sp³-hybridized carbons (Fsp3) is 0.571. The van der Waals surface area contributed by atoms with Crippen molar-refractivity contribution < 1.29 is 0 Å².